The molecule has 0 aliphatic carbocycles. The molecule has 3 heterocycles. The quantitative estimate of drug-likeness (QED) is 0.0420. The SMILES string of the molecule is CC(C)(C)C(O)CC(O)C(C)(C)C.CC(O)CC(O)C(C)(C)C.CCCC(O)CC(O)CCC.Cc1ccc(-c2cnc(-c3[c-]cccc3)c(-c3ccccc3)n2)cc1.Cc1ccc(-c2cnc(-c3[c-]cccc3)c(-c3ccccc3)n2)cc1.Cc1ccc(-c2cnc(-c3[c-]cccc3)c(-c3ccccc3)n2)cc1.[Ir].[Ir].[Ir]. The third-order valence-electron chi connectivity index (χ3n) is 18.2. The molecule has 9 aromatic carbocycles. The average molecular weight is 2040 g/mol. The van der Waals surface area contributed by atoms with Gasteiger partial charge in [0.05, 0.1) is 70.8 Å². The Hall–Kier alpha value is -8.07. The van der Waals surface area contributed by atoms with E-state index in [0.29, 0.717) is 19.3 Å². The largest absolute Gasteiger partial charge is 0.393 e. The summed E-state index contributed by atoms with van der Waals surface area (Å²) in [6.45, 7) is 29.8. The zero-order chi connectivity index (χ0) is 79.1. The van der Waals surface area contributed by atoms with E-state index in [1.807, 2.05) is 222 Å². The van der Waals surface area contributed by atoms with Crippen molar-refractivity contribution in [3.05, 3.63) is 290 Å². The Morgan fingerprint density at radius 3 is 0.768 bits per heavy atom. The van der Waals surface area contributed by atoms with Crippen LogP contribution in [0.1, 0.15) is 145 Å². The molecule has 0 spiro atoms. The van der Waals surface area contributed by atoms with Gasteiger partial charge in [0.1, 0.15) is 0 Å². The van der Waals surface area contributed by atoms with Gasteiger partial charge in [0.15, 0.2) is 0 Å². The summed E-state index contributed by atoms with van der Waals surface area (Å²) in [6.07, 6.45) is 8.25. The summed E-state index contributed by atoms with van der Waals surface area (Å²) in [7, 11) is 0. The Morgan fingerprint density at radius 1 is 0.304 bits per heavy atom. The minimum absolute atomic E-state index is 0. The van der Waals surface area contributed by atoms with E-state index in [0.717, 1.165) is 127 Å². The topological polar surface area (TPSA) is 199 Å². The van der Waals surface area contributed by atoms with Crippen LogP contribution in [0.25, 0.3) is 101 Å². The molecule has 3 radical (unpaired) electrons. The fraction of sp³-hybridized carbons (Fsp3) is 0.320. The van der Waals surface area contributed by atoms with Crippen molar-refractivity contribution in [3.63, 3.8) is 0 Å². The molecule has 0 fully saturated rings. The van der Waals surface area contributed by atoms with Gasteiger partial charge in [0.2, 0.25) is 0 Å². The van der Waals surface area contributed by atoms with Crippen molar-refractivity contribution in [2.45, 2.75) is 185 Å². The van der Waals surface area contributed by atoms with Gasteiger partial charge in [-0.05, 0) is 86.3 Å². The van der Waals surface area contributed by atoms with Crippen molar-refractivity contribution in [2.24, 2.45) is 16.2 Å². The van der Waals surface area contributed by atoms with Gasteiger partial charge in [-0.3, -0.25) is 15.0 Å². The fourth-order valence-corrected chi connectivity index (χ4v) is 11.2. The average Bonchev–Trinajstić information content (AvgIpc) is 0.806. The van der Waals surface area contributed by atoms with Crippen LogP contribution in [-0.2, 0) is 60.3 Å². The summed E-state index contributed by atoms with van der Waals surface area (Å²) in [4.78, 5) is 29.0. The van der Waals surface area contributed by atoms with Crippen molar-refractivity contribution in [3.8, 4) is 101 Å². The summed E-state index contributed by atoms with van der Waals surface area (Å²) in [5, 5.41) is 56.4. The first-order valence-electron chi connectivity index (χ1n) is 38.0. The monoisotopic (exact) mass is 2040 g/mol. The van der Waals surface area contributed by atoms with Gasteiger partial charge in [-0.15, -0.1) is 108 Å². The number of hydrogen-bond acceptors (Lipinski definition) is 12. The Balaban J connectivity index is 0.000000293. The van der Waals surface area contributed by atoms with Crippen molar-refractivity contribution in [1.82, 2.24) is 29.9 Å². The van der Waals surface area contributed by atoms with Gasteiger partial charge in [0.25, 0.3) is 0 Å². The molecule has 112 heavy (non-hydrogen) atoms. The van der Waals surface area contributed by atoms with E-state index >= 15 is 0 Å². The molecule has 0 aliphatic rings. The summed E-state index contributed by atoms with van der Waals surface area (Å²) in [5.41, 5.74) is 20.3. The molecule has 6 unspecified atom stereocenters. The molecule has 12 rings (SSSR count). The second-order valence-electron chi connectivity index (χ2n) is 31.0. The number of hydrogen-bond donors (Lipinski definition) is 6. The van der Waals surface area contributed by atoms with Crippen molar-refractivity contribution in [1.29, 1.82) is 0 Å². The third-order valence-corrected chi connectivity index (χ3v) is 18.2. The third kappa shape index (κ3) is 31.7. The van der Waals surface area contributed by atoms with Gasteiger partial charge in [-0.25, -0.2) is 0 Å². The zero-order valence-corrected chi connectivity index (χ0v) is 74.7. The van der Waals surface area contributed by atoms with Crippen LogP contribution < -0.4 is 0 Å². The molecule has 0 bridgehead atoms. The predicted octanol–water partition coefficient (Wildman–Crippen LogP) is 21.8. The summed E-state index contributed by atoms with van der Waals surface area (Å²) in [5.74, 6) is 0. The molecule has 0 saturated carbocycles. The summed E-state index contributed by atoms with van der Waals surface area (Å²) >= 11 is 0. The Morgan fingerprint density at radius 2 is 0.554 bits per heavy atom. The van der Waals surface area contributed by atoms with Gasteiger partial charge in [-0.2, -0.15) is 0 Å². The van der Waals surface area contributed by atoms with Gasteiger partial charge in [-0.1, -0.05) is 269 Å². The standard InChI is InChI=1S/3C23H17N2.C11H24O2.C9H20O2.C8H18O2.3Ir/c3*1-17-12-14-18(15-13-17)21-16-24-22(19-8-4-2-5-9-19)23(25-21)20-10-6-3-7-11-20;1-10(2,3)8(12)7-9(13)11(4,5)6;1-3-5-8(10)7-9(11)6-4-2;1-6(9)5-7(10)8(2,3)4;;;/h3*2-8,10-16H,1H3;8-9,12-13H,7H2,1-6H3;8-11H,3-7H2,1-2H3;6-7,9-10H,5H2,1-4H3;;;/q3*-1;;;;;;. The van der Waals surface area contributed by atoms with Crippen LogP contribution in [0.5, 0.6) is 0 Å². The molecular weight excluding hydrogens is 1920 g/mol. The first-order chi connectivity index (χ1) is 52.0. The van der Waals surface area contributed by atoms with E-state index in [1.165, 1.54) is 16.7 Å². The maximum absolute atomic E-state index is 9.76. The number of rotatable bonds is 19. The smallest absolute Gasteiger partial charge is 0.0873 e. The Kier molecular flexibility index (Phi) is 41.5. The molecule has 12 aromatic rings. The van der Waals surface area contributed by atoms with E-state index in [-0.39, 0.29) is 88.8 Å². The van der Waals surface area contributed by atoms with Crippen LogP contribution in [-0.4, -0.2) is 97.2 Å². The van der Waals surface area contributed by atoms with E-state index in [1.54, 1.807) is 6.92 Å². The van der Waals surface area contributed by atoms with Crippen molar-refractivity contribution in [2.75, 3.05) is 0 Å². The van der Waals surface area contributed by atoms with Crippen LogP contribution in [0.3, 0.4) is 0 Å². The first-order valence-corrected chi connectivity index (χ1v) is 38.0. The molecule has 0 saturated heterocycles. The second-order valence-corrected chi connectivity index (χ2v) is 31.0. The van der Waals surface area contributed by atoms with Crippen LogP contribution in [0.4, 0.5) is 0 Å². The van der Waals surface area contributed by atoms with Crippen LogP contribution in [0.15, 0.2) is 255 Å². The number of aliphatic hydroxyl groups is 6. The molecule has 6 atom stereocenters. The van der Waals surface area contributed by atoms with Gasteiger partial charge in [0, 0.05) is 119 Å². The molecular formula is C97H113Ir3N6O6-3. The minimum Gasteiger partial charge on any atom is -0.393 e. The van der Waals surface area contributed by atoms with Crippen LogP contribution >= 0.6 is 0 Å². The van der Waals surface area contributed by atoms with E-state index in [2.05, 4.69) is 148 Å². The number of nitrogens with zero attached hydrogens (tertiary/aromatic N) is 6. The zero-order valence-electron chi connectivity index (χ0n) is 67.5. The van der Waals surface area contributed by atoms with E-state index in [4.69, 9.17) is 35.0 Å². The van der Waals surface area contributed by atoms with Crippen LogP contribution in [0.2, 0.25) is 0 Å². The fourth-order valence-electron chi connectivity index (χ4n) is 11.2. The van der Waals surface area contributed by atoms with Crippen LogP contribution in [0, 0.1) is 55.2 Å². The van der Waals surface area contributed by atoms with E-state index < -0.39 is 24.4 Å². The normalized spacial score (nSPS) is 12.5. The molecule has 3 aromatic heterocycles. The van der Waals surface area contributed by atoms with Gasteiger partial charge < -0.3 is 45.6 Å². The predicted molar refractivity (Wildman–Crippen MR) is 449 cm³/mol. The van der Waals surface area contributed by atoms with E-state index in [9.17, 15) is 25.5 Å². The number of aryl methyl sites for hydroxylation is 3. The molecule has 12 nitrogen and oxygen atoms in total. The van der Waals surface area contributed by atoms with Crippen molar-refractivity contribution < 1.29 is 91.0 Å². The Labute approximate surface area is 708 Å². The molecule has 0 amide bonds. The molecule has 597 valence electrons. The number of aromatic nitrogens is 6. The first kappa shape index (κ1) is 96.3. The molecule has 6 N–H and O–H groups in total. The number of benzene rings is 9. The second kappa shape index (κ2) is 48.2. The Bertz CT molecular complexity index is 4140. The minimum atomic E-state index is -0.443. The molecule has 0 aliphatic heterocycles. The maximum Gasteiger partial charge on any atom is 0.0873 e. The van der Waals surface area contributed by atoms with Crippen molar-refractivity contribution >= 4 is 0 Å². The number of aliphatic hydroxyl groups excluding tert-OH is 6. The maximum atomic E-state index is 9.76. The van der Waals surface area contributed by atoms with Gasteiger partial charge >= 0.3 is 0 Å². The summed E-state index contributed by atoms with van der Waals surface area (Å²) in [6, 6.07) is 89.0. The molecule has 15 heteroatoms. The summed E-state index contributed by atoms with van der Waals surface area (Å²) < 4.78 is 0.